The number of aliphatic hydroxyl groups is 1. The van der Waals surface area contributed by atoms with E-state index in [2.05, 4.69) is 21.0 Å². The van der Waals surface area contributed by atoms with E-state index in [9.17, 15) is 9.90 Å². The lowest BCUT2D eigenvalue weighted by atomic mass is 9.92. The van der Waals surface area contributed by atoms with E-state index in [1.807, 2.05) is 25.1 Å². The molecule has 0 saturated carbocycles. The van der Waals surface area contributed by atoms with Gasteiger partial charge in [-0.05, 0) is 19.4 Å². The topological polar surface area (TPSA) is 88.7 Å². The second-order valence-electron chi connectivity index (χ2n) is 6.64. The van der Waals surface area contributed by atoms with Gasteiger partial charge in [0.2, 0.25) is 5.91 Å². The summed E-state index contributed by atoms with van der Waals surface area (Å²) in [4.78, 5) is 14.3. The molecule has 0 radical (unpaired) electrons. The molecule has 25 heavy (non-hydrogen) atoms. The van der Waals surface area contributed by atoms with Gasteiger partial charge in [0.25, 0.3) is 0 Å². The summed E-state index contributed by atoms with van der Waals surface area (Å²) < 4.78 is 10.6. The molecule has 1 aromatic heterocycles. The SMILES string of the molecule is Cc1cccc(C[C@]2(CO)CN(C(=O)Cc3nonc3C)CCO2)c1. The minimum atomic E-state index is -0.779. The Labute approximate surface area is 146 Å². The quantitative estimate of drug-likeness (QED) is 0.872. The molecule has 2 aromatic rings. The van der Waals surface area contributed by atoms with Crippen LogP contribution in [0, 0.1) is 13.8 Å². The normalized spacial score (nSPS) is 20.7. The average molecular weight is 345 g/mol. The molecule has 1 amide bonds. The third-order valence-electron chi connectivity index (χ3n) is 4.56. The standard InChI is InChI=1S/C18H23N3O4/c1-13-4-3-5-15(8-13)10-18(12-22)11-21(6-7-24-18)17(23)9-16-14(2)19-25-20-16/h3-5,8,22H,6-7,9-12H2,1-2H3/t18-/m1/s1. The zero-order chi connectivity index (χ0) is 17.9. The van der Waals surface area contributed by atoms with E-state index in [1.165, 1.54) is 0 Å². The Morgan fingerprint density at radius 1 is 1.36 bits per heavy atom. The second-order valence-corrected chi connectivity index (χ2v) is 6.64. The van der Waals surface area contributed by atoms with Crippen molar-refractivity contribution in [1.82, 2.24) is 15.2 Å². The number of aliphatic hydroxyl groups excluding tert-OH is 1. The van der Waals surface area contributed by atoms with Gasteiger partial charge in [-0.2, -0.15) is 0 Å². The van der Waals surface area contributed by atoms with Gasteiger partial charge < -0.3 is 14.7 Å². The van der Waals surface area contributed by atoms with Crippen LogP contribution in [0.4, 0.5) is 0 Å². The number of carbonyl (C=O) groups is 1. The first-order valence-corrected chi connectivity index (χ1v) is 8.37. The lowest BCUT2D eigenvalue weighted by Crippen LogP contribution is -2.57. The van der Waals surface area contributed by atoms with Crippen molar-refractivity contribution in [3.8, 4) is 0 Å². The number of ether oxygens (including phenoxy) is 1. The first kappa shape index (κ1) is 17.6. The highest BCUT2D eigenvalue weighted by Gasteiger charge is 2.38. The molecule has 1 aliphatic rings. The molecule has 1 saturated heterocycles. The second kappa shape index (κ2) is 7.33. The molecule has 1 fully saturated rings. The zero-order valence-corrected chi connectivity index (χ0v) is 14.6. The number of rotatable bonds is 5. The van der Waals surface area contributed by atoms with Crippen LogP contribution in [0.3, 0.4) is 0 Å². The summed E-state index contributed by atoms with van der Waals surface area (Å²) in [5.41, 5.74) is 2.63. The summed E-state index contributed by atoms with van der Waals surface area (Å²) in [7, 11) is 0. The Bertz CT molecular complexity index is 745. The van der Waals surface area contributed by atoms with Crippen LogP contribution in [0.5, 0.6) is 0 Å². The van der Waals surface area contributed by atoms with Crippen LogP contribution < -0.4 is 0 Å². The van der Waals surface area contributed by atoms with Crippen molar-refractivity contribution in [2.24, 2.45) is 0 Å². The van der Waals surface area contributed by atoms with Crippen molar-refractivity contribution < 1.29 is 19.3 Å². The van der Waals surface area contributed by atoms with Crippen molar-refractivity contribution >= 4 is 5.91 Å². The Morgan fingerprint density at radius 2 is 2.20 bits per heavy atom. The summed E-state index contributed by atoms with van der Waals surface area (Å²) in [6.07, 6.45) is 0.695. The lowest BCUT2D eigenvalue weighted by molar-refractivity contribution is -0.157. The molecular weight excluding hydrogens is 322 g/mol. The van der Waals surface area contributed by atoms with Crippen LogP contribution in [0.2, 0.25) is 0 Å². The maximum absolute atomic E-state index is 12.6. The van der Waals surface area contributed by atoms with Crippen LogP contribution in [-0.4, -0.2) is 58.1 Å². The van der Waals surface area contributed by atoms with Crippen LogP contribution in [0.1, 0.15) is 22.5 Å². The van der Waals surface area contributed by atoms with Crippen molar-refractivity contribution in [2.45, 2.75) is 32.3 Å². The summed E-state index contributed by atoms with van der Waals surface area (Å²) in [6.45, 7) is 4.89. The van der Waals surface area contributed by atoms with Crippen LogP contribution in [0.15, 0.2) is 28.9 Å². The molecule has 0 bridgehead atoms. The molecular formula is C18H23N3O4. The summed E-state index contributed by atoms with van der Waals surface area (Å²) >= 11 is 0. The number of benzene rings is 1. The van der Waals surface area contributed by atoms with Gasteiger partial charge in [-0.15, -0.1) is 0 Å². The van der Waals surface area contributed by atoms with E-state index in [0.29, 0.717) is 37.5 Å². The number of morpholine rings is 1. The first-order valence-electron chi connectivity index (χ1n) is 8.37. The van der Waals surface area contributed by atoms with E-state index in [0.717, 1.165) is 11.1 Å². The number of hydrogen-bond donors (Lipinski definition) is 1. The predicted octanol–water partition coefficient (Wildman–Crippen LogP) is 1.06. The zero-order valence-electron chi connectivity index (χ0n) is 14.6. The van der Waals surface area contributed by atoms with Gasteiger partial charge in [0.1, 0.15) is 17.0 Å². The largest absolute Gasteiger partial charge is 0.393 e. The lowest BCUT2D eigenvalue weighted by Gasteiger charge is -2.42. The van der Waals surface area contributed by atoms with E-state index < -0.39 is 5.60 Å². The number of carbonyl (C=O) groups excluding carboxylic acids is 1. The van der Waals surface area contributed by atoms with Crippen LogP contribution in [-0.2, 0) is 22.4 Å². The third-order valence-corrected chi connectivity index (χ3v) is 4.56. The summed E-state index contributed by atoms with van der Waals surface area (Å²) in [6, 6.07) is 8.10. The molecule has 1 aliphatic heterocycles. The Balaban J connectivity index is 1.71. The maximum Gasteiger partial charge on any atom is 0.228 e. The molecule has 0 aliphatic carbocycles. The number of amides is 1. The molecule has 2 heterocycles. The molecule has 0 unspecified atom stereocenters. The molecule has 0 spiro atoms. The number of aryl methyl sites for hydroxylation is 2. The maximum atomic E-state index is 12.6. The fraction of sp³-hybridized carbons (Fsp3) is 0.500. The van der Waals surface area contributed by atoms with Crippen molar-refractivity contribution in [3.63, 3.8) is 0 Å². The monoisotopic (exact) mass is 345 g/mol. The van der Waals surface area contributed by atoms with Crippen LogP contribution in [0.25, 0.3) is 0 Å². The fourth-order valence-corrected chi connectivity index (χ4v) is 3.18. The molecule has 7 nitrogen and oxygen atoms in total. The first-order chi connectivity index (χ1) is 12.0. The number of nitrogens with zero attached hydrogens (tertiary/aromatic N) is 3. The third kappa shape index (κ3) is 4.05. The van der Waals surface area contributed by atoms with Gasteiger partial charge >= 0.3 is 0 Å². The minimum Gasteiger partial charge on any atom is -0.393 e. The van der Waals surface area contributed by atoms with Crippen molar-refractivity contribution in [1.29, 1.82) is 0 Å². The van der Waals surface area contributed by atoms with E-state index in [1.54, 1.807) is 11.8 Å². The molecule has 1 N–H and O–H groups in total. The highest BCUT2D eigenvalue weighted by Crippen LogP contribution is 2.24. The summed E-state index contributed by atoms with van der Waals surface area (Å²) in [5.74, 6) is -0.0656. The Hall–Kier alpha value is -2.25. The molecule has 1 aromatic carbocycles. The van der Waals surface area contributed by atoms with Gasteiger partial charge in [-0.25, -0.2) is 4.63 Å². The molecule has 3 rings (SSSR count). The molecule has 134 valence electrons. The van der Waals surface area contributed by atoms with Gasteiger partial charge in [0.15, 0.2) is 0 Å². The van der Waals surface area contributed by atoms with E-state index >= 15 is 0 Å². The van der Waals surface area contributed by atoms with Gasteiger partial charge in [-0.1, -0.05) is 40.1 Å². The van der Waals surface area contributed by atoms with Crippen LogP contribution >= 0.6 is 0 Å². The molecule has 7 heteroatoms. The minimum absolute atomic E-state index is 0.0656. The highest BCUT2D eigenvalue weighted by molar-refractivity contribution is 5.78. The fourth-order valence-electron chi connectivity index (χ4n) is 3.18. The van der Waals surface area contributed by atoms with Crippen molar-refractivity contribution in [2.75, 3.05) is 26.3 Å². The highest BCUT2D eigenvalue weighted by atomic mass is 16.6. The van der Waals surface area contributed by atoms with Crippen molar-refractivity contribution in [3.05, 3.63) is 46.8 Å². The van der Waals surface area contributed by atoms with Gasteiger partial charge in [0.05, 0.1) is 26.2 Å². The van der Waals surface area contributed by atoms with Gasteiger partial charge in [0, 0.05) is 13.0 Å². The van der Waals surface area contributed by atoms with E-state index in [-0.39, 0.29) is 18.9 Å². The average Bonchev–Trinajstić information content (AvgIpc) is 3.00. The number of aromatic nitrogens is 2. The Morgan fingerprint density at radius 3 is 2.88 bits per heavy atom. The summed E-state index contributed by atoms with van der Waals surface area (Å²) in [5, 5.41) is 17.4. The van der Waals surface area contributed by atoms with Gasteiger partial charge in [-0.3, -0.25) is 4.79 Å². The Kier molecular flexibility index (Phi) is 5.15. The smallest absolute Gasteiger partial charge is 0.228 e. The number of hydrogen-bond acceptors (Lipinski definition) is 6. The van der Waals surface area contributed by atoms with E-state index in [4.69, 9.17) is 4.74 Å². The predicted molar refractivity (Wildman–Crippen MR) is 90.0 cm³/mol. The molecule has 1 atom stereocenters.